The summed E-state index contributed by atoms with van der Waals surface area (Å²) in [5, 5.41) is 3.51. The minimum Gasteiger partial charge on any atom is -0.388 e. The Morgan fingerprint density at radius 3 is 2.31 bits per heavy atom. The molecule has 0 amide bonds. The van der Waals surface area contributed by atoms with Crippen molar-refractivity contribution in [3.63, 3.8) is 0 Å². The summed E-state index contributed by atoms with van der Waals surface area (Å²) < 4.78 is 0. The van der Waals surface area contributed by atoms with Gasteiger partial charge in [-0.3, -0.25) is 0 Å². The van der Waals surface area contributed by atoms with Gasteiger partial charge in [0.15, 0.2) is 0 Å². The van der Waals surface area contributed by atoms with Crippen LogP contribution < -0.4 is 5.32 Å². The molecule has 0 aromatic carbocycles. The van der Waals surface area contributed by atoms with E-state index >= 15 is 0 Å². The van der Waals surface area contributed by atoms with Gasteiger partial charge in [-0.2, -0.15) is 0 Å². The second-order valence-corrected chi connectivity index (χ2v) is 4.02. The van der Waals surface area contributed by atoms with Crippen LogP contribution in [0.2, 0.25) is 0 Å². The van der Waals surface area contributed by atoms with E-state index in [0.717, 1.165) is 12.5 Å². The van der Waals surface area contributed by atoms with Crippen LogP contribution in [0, 0.1) is 0 Å². The topological polar surface area (TPSA) is 12.0 Å². The molecular formula is C12H23N. The lowest BCUT2D eigenvalue weighted by Gasteiger charge is -2.19. The van der Waals surface area contributed by atoms with E-state index in [1.165, 1.54) is 44.9 Å². The van der Waals surface area contributed by atoms with Crippen molar-refractivity contribution in [2.24, 2.45) is 0 Å². The maximum absolute atomic E-state index is 3.51. The van der Waals surface area contributed by atoms with Crippen LogP contribution in [-0.4, -0.2) is 6.04 Å². The zero-order valence-electron chi connectivity index (χ0n) is 8.89. The Balaban J connectivity index is 2.17. The summed E-state index contributed by atoms with van der Waals surface area (Å²) in [6.07, 6.45) is 15.4. The average molecular weight is 181 g/mol. The van der Waals surface area contributed by atoms with Crippen molar-refractivity contribution in [3.8, 4) is 0 Å². The lowest BCUT2D eigenvalue weighted by molar-refractivity contribution is 0.420. The van der Waals surface area contributed by atoms with Crippen molar-refractivity contribution in [3.05, 3.63) is 12.3 Å². The van der Waals surface area contributed by atoms with Crippen LogP contribution >= 0.6 is 0 Å². The van der Waals surface area contributed by atoms with Gasteiger partial charge in [-0.25, -0.2) is 0 Å². The number of hydrogen-bond donors (Lipinski definition) is 1. The smallest absolute Gasteiger partial charge is 0.0255 e. The quantitative estimate of drug-likeness (QED) is 0.701. The van der Waals surface area contributed by atoms with Crippen molar-refractivity contribution in [1.82, 2.24) is 5.32 Å². The van der Waals surface area contributed by atoms with Gasteiger partial charge in [-0.15, -0.1) is 0 Å². The van der Waals surface area contributed by atoms with Gasteiger partial charge in [0.05, 0.1) is 0 Å². The molecule has 0 atom stereocenters. The number of rotatable bonds is 3. The summed E-state index contributed by atoms with van der Waals surface area (Å²) in [6.45, 7) is 2.18. The van der Waals surface area contributed by atoms with E-state index in [2.05, 4.69) is 24.5 Å². The zero-order chi connectivity index (χ0) is 9.36. The number of nitrogens with one attached hydrogen (secondary N) is 1. The van der Waals surface area contributed by atoms with Gasteiger partial charge in [-0.1, -0.05) is 45.1 Å². The molecule has 0 heterocycles. The number of hydrogen-bond acceptors (Lipinski definition) is 1. The highest BCUT2D eigenvalue weighted by molar-refractivity contribution is 4.82. The van der Waals surface area contributed by atoms with Gasteiger partial charge in [0, 0.05) is 6.04 Å². The summed E-state index contributed by atoms with van der Waals surface area (Å²) >= 11 is 0. The Hall–Kier alpha value is -0.460. The van der Waals surface area contributed by atoms with E-state index in [0.29, 0.717) is 0 Å². The Morgan fingerprint density at radius 2 is 1.69 bits per heavy atom. The molecule has 1 aliphatic rings. The van der Waals surface area contributed by atoms with Gasteiger partial charge in [0.2, 0.25) is 0 Å². The van der Waals surface area contributed by atoms with Crippen molar-refractivity contribution in [2.45, 2.75) is 64.3 Å². The first-order chi connectivity index (χ1) is 6.43. The molecule has 0 unspecified atom stereocenters. The average Bonchev–Trinajstić information content (AvgIpc) is 2.08. The highest BCUT2D eigenvalue weighted by Gasteiger charge is 2.08. The molecule has 1 N–H and O–H groups in total. The minimum atomic E-state index is 0.753. The Kier molecular flexibility index (Phi) is 5.71. The van der Waals surface area contributed by atoms with Crippen LogP contribution in [0.3, 0.4) is 0 Å². The second kappa shape index (κ2) is 6.99. The molecule has 13 heavy (non-hydrogen) atoms. The van der Waals surface area contributed by atoms with Crippen LogP contribution in [0.4, 0.5) is 0 Å². The first-order valence-corrected chi connectivity index (χ1v) is 5.84. The third-order valence-corrected chi connectivity index (χ3v) is 2.79. The summed E-state index contributed by atoms with van der Waals surface area (Å²) in [7, 11) is 0. The Bertz CT molecular complexity index is 132. The molecular weight excluding hydrogens is 158 g/mol. The first kappa shape index (κ1) is 10.6. The standard InChI is InChI=1S/C12H23N/c1-2-3-11-13-12-9-7-5-4-6-8-10-12/h3,11-13H,2,4-10H2,1H3. The number of allylic oxidation sites excluding steroid dienone is 1. The second-order valence-electron chi connectivity index (χ2n) is 4.02. The van der Waals surface area contributed by atoms with Gasteiger partial charge < -0.3 is 5.32 Å². The lowest BCUT2D eigenvalue weighted by Crippen LogP contribution is -2.24. The maximum Gasteiger partial charge on any atom is 0.0255 e. The molecule has 0 aromatic rings. The fourth-order valence-corrected chi connectivity index (χ4v) is 1.94. The Labute approximate surface area is 82.6 Å². The zero-order valence-corrected chi connectivity index (χ0v) is 8.89. The largest absolute Gasteiger partial charge is 0.388 e. The van der Waals surface area contributed by atoms with Crippen LogP contribution in [0.5, 0.6) is 0 Å². The molecule has 1 rings (SSSR count). The van der Waals surface area contributed by atoms with Crippen molar-refractivity contribution in [1.29, 1.82) is 0 Å². The predicted octanol–water partition coefficient (Wildman–Crippen LogP) is 3.61. The maximum atomic E-state index is 3.51. The fourth-order valence-electron chi connectivity index (χ4n) is 1.94. The normalized spacial score (nSPS) is 21.3. The molecule has 1 saturated carbocycles. The SMILES string of the molecule is CCC=CNC1CCCCCCC1. The molecule has 0 aliphatic heterocycles. The van der Waals surface area contributed by atoms with E-state index in [1.54, 1.807) is 0 Å². The van der Waals surface area contributed by atoms with E-state index in [4.69, 9.17) is 0 Å². The van der Waals surface area contributed by atoms with Crippen molar-refractivity contribution < 1.29 is 0 Å². The summed E-state index contributed by atoms with van der Waals surface area (Å²) in [4.78, 5) is 0. The molecule has 1 fully saturated rings. The van der Waals surface area contributed by atoms with Crippen molar-refractivity contribution in [2.75, 3.05) is 0 Å². The van der Waals surface area contributed by atoms with Gasteiger partial charge in [0.25, 0.3) is 0 Å². The monoisotopic (exact) mass is 181 g/mol. The third kappa shape index (κ3) is 4.97. The summed E-state index contributed by atoms with van der Waals surface area (Å²) in [6, 6.07) is 0.753. The van der Waals surface area contributed by atoms with Gasteiger partial charge in [-0.05, 0) is 25.5 Å². The third-order valence-electron chi connectivity index (χ3n) is 2.79. The summed E-state index contributed by atoms with van der Waals surface area (Å²) in [5.41, 5.74) is 0. The fraction of sp³-hybridized carbons (Fsp3) is 0.833. The molecule has 76 valence electrons. The highest BCUT2D eigenvalue weighted by Crippen LogP contribution is 2.16. The van der Waals surface area contributed by atoms with Crippen molar-refractivity contribution >= 4 is 0 Å². The molecule has 1 aliphatic carbocycles. The molecule has 0 aromatic heterocycles. The highest BCUT2D eigenvalue weighted by atomic mass is 14.9. The Morgan fingerprint density at radius 1 is 1.08 bits per heavy atom. The van der Waals surface area contributed by atoms with E-state index in [1.807, 2.05) is 0 Å². The molecule has 0 radical (unpaired) electrons. The summed E-state index contributed by atoms with van der Waals surface area (Å²) in [5.74, 6) is 0. The molecule has 0 spiro atoms. The van der Waals surface area contributed by atoms with E-state index in [-0.39, 0.29) is 0 Å². The first-order valence-electron chi connectivity index (χ1n) is 5.84. The molecule has 0 bridgehead atoms. The minimum absolute atomic E-state index is 0.753. The molecule has 1 heteroatoms. The molecule has 0 saturated heterocycles. The van der Waals surface area contributed by atoms with Gasteiger partial charge in [0.1, 0.15) is 0 Å². The van der Waals surface area contributed by atoms with Gasteiger partial charge >= 0.3 is 0 Å². The van der Waals surface area contributed by atoms with Crippen LogP contribution in [0.15, 0.2) is 12.3 Å². The van der Waals surface area contributed by atoms with Crippen LogP contribution in [-0.2, 0) is 0 Å². The van der Waals surface area contributed by atoms with Crippen LogP contribution in [0.1, 0.15) is 58.3 Å². The predicted molar refractivity (Wildman–Crippen MR) is 58.7 cm³/mol. The molecule has 1 nitrogen and oxygen atoms in total. The van der Waals surface area contributed by atoms with Crippen LogP contribution in [0.25, 0.3) is 0 Å². The van der Waals surface area contributed by atoms with E-state index < -0.39 is 0 Å². The van der Waals surface area contributed by atoms with E-state index in [9.17, 15) is 0 Å². The lowest BCUT2D eigenvalue weighted by atomic mass is 9.97.